The Kier molecular flexibility index (Phi) is 4.69. The van der Waals surface area contributed by atoms with Crippen LogP contribution in [0.2, 0.25) is 0 Å². The van der Waals surface area contributed by atoms with Gasteiger partial charge in [-0.15, -0.1) is 0 Å². The van der Waals surface area contributed by atoms with Crippen molar-refractivity contribution in [1.82, 2.24) is 9.97 Å². The first-order chi connectivity index (χ1) is 10.9. The highest BCUT2D eigenvalue weighted by atomic mass is 16.6. The molecule has 0 saturated carbocycles. The number of nitro benzene ring substituents is 1. The van der Waals surface area contributed by atoms with Crippen LogP contribution in [0.15, 0.2) is 29.3 Å². The van der Waals surface area contributed by atoms with Gasteiger partial charge in [-0.3, -0.25) is 10.1 Å². The normalized spacial score (nSPS) is 11.2. The van der Waals surface area contributed by atoms with Crippen molar-refractivity contribution < 1.29 is 9.66 Å². The van der Waals surface area contributed by atoms with Crippen molar-refractivity contribution in [2.45, 2.75) is 13.8 Å². The summed E-state index contributed by atoms with van der Waals surface area (Å²) in [6.45, 7) is 3.66. The Morgan fingerprint density at radius 1 is 1.30 bits per heavy atom. The predicted molar refractivity (Wildman–Crippen MR) is 86.1 cm³/mol. The Balaban J connectivity index is 2.27. The molecule has 9 heteroatoms. The molecule has 0 spiro atoms. The number of aliphatic imine (C=N–C) groups is 1. The van der Waals surface area contributed by atoms with E-state index in [1.165, 1.54) is 25.3 Å². The third-order valence-corrected chi connectivity index (χ3v) is 2.85. The molecule has 2 aromatic rings. The van der Waals surface area contributed by atoms with Crippen molar-refractivity contribution in [3.05, 3.63) is 45.8 Å². The Hall–Kier alpha value is -3.23. The lowest BCUT2D eigenvalue weighted by Crippen LogP contribution is -2.22. The molecule has 0 aliphatic heterocycles. The number of methoxy groups -OCH3 is 1. The van der Waals surface area contributed by atoms with Gasteiger partial charge >= 0.3 is 0 Å². The number of aryl methyl sites for hydroxylation is 2. The zero-order valence-corrected chi connectivity index (χ0v) is 12.9. The van der Waals surface area contributed by atoms with Crippen LogP contribution in [0.25, 0.3) is 0 Å². The van der Waals surface area contributed by atoms with Crippen LogP contribution < -0.4 is 15.8 Å². The van der Waals surface area contributed by atoms with E-state index in [1.807, 2.05) is 19.9 Å². The van der Waals surface area contributed by atoms with E-state index < -0.39 is 4.92 Å². The summed E-state index contributed by atoms with van der Waals surface area (Å²) in [5.74, 6) is 0.550. The Bertz CT molecular complexity index is 755. The number of nitrogens with two attached hydrogens (primary N) is 1. The summed E-state index contributed by atoms with van der Waals surface area (Å²) in [5, 5.41) is 13.6. The molecular weight excluding hydrogens is 300 g/mol. The van der Waals surface area contributed by atoms with Gasteiger partial charge in [0.25, 0.3) is 11.6 Å². The number of hydrogen-bond donors (Lipinski definition) is 2. The van der Waals surface area contributed by atoms with Gasteiger partial charge in [0.1, 0.15) is 5.75 Å². The molecule has 0 bridgehead atoms. The first-order valence-corrected chi connectivity index (χ1v) is 6.65. The second-order valence-electron chi connectivity index (χ2n) is 4.71. The number of anilines is 1. The molecule has 23 heavy (non-hydrogen) atoms. The molecule has 0 aliphatic rings. The number of hydrogen-bond acceptors (Lipinski definition) is 6. The van der Waals surface area contributed by atoms with E-state index in [0.717, 1.165) is 11.4 Å². The molecule has 120 valence electrons. The van der Waals surface area contributed by atoms with Crippen LogP contribution in [0, 0.1) is 24.0 Å². The summed E-state index contributed by atoms with van der Waals surface area (Å²) in [7, 11) is 1.41. The minimum absolute atomic E-state index is 0.0437. The highest BCUT2D eigenvalue weighted by molar-refractivity contribution is 5.95. The second kappa shape index (κ2) is 6.69. The zero-order valence-electron chi connectivity index (χ0n) is 12.9. The van der Waals surface area contributed by atoms with Crippen molar-refractivity contribution in [2.75, 3.05) is 12.4 Å². The summed E-state index contributed by atoms with van der Waals surface area (Å²) in [6, 6.07) is 5.94. The van der Waals surface area contributed by atoms with Crippen molar-refractivity contribution in [2.24, 2.45) is 10.7 Å². The number of nitrogens with zero attached hydrogens (tertiary/aromatic N) is 4. The molecule has 0 fully saturated rings. The van der Waals surface area contributed by atoms with E-state index in [0.29, 0.717) is 5.69 Å². The second-order valence-corrected chi connectivity index (χ2v) is 4.71. The van der Waals surface area contributed by atoms with Crippen LogP contribution in [0.3, 0.4) is 0 Å². The lowest BCUT2D eigenvalue weighted by Gasteiger charge is -2.10. The summed E-state index contributed by atoms with van der Waals surface area (Å²) in [6.07, 6.45) is 0. The van der Waals surface area contributed by atoms with Gasteiger partial charge < -0.3 is 15.8 Å². The first kappa shape index (κ1) is 16.1. The maximum atomic E-state index is 10.8. The fourth-order valence-corrected chi connectivity index (χ4v) is 1.93. The predicted octanol–water partition coefficient (Wildman–Crippen LogP) is 2.07. The SMILES string of the molecule is COc1cc([N+](=O)[O-])ccc1N/C(N)=N\c1nc(C)cc(C)n1. The maximum Gasteiger partial charge on any atom is 0.273 e. The number of rotatable bonds is 4. The largest absolute Gasteiger partial charge is 0.494 e. The third-order valence-electron chi connectivity index (χ3n) is 2.85. The number of non-ortho nitro benzene ring substituents is 1. The van der Waals surface area contributed by atoms with E-state index in [1.54, 1.807) is 0 Å². The average Bonchev–Trinajstić information content (AvgIpc) is 2.46. The minimum atomic E-state index is -0.507. The van der Waals surface area contributed by atoms with E-state index in [2.05, 4.69) is 20.3 Å². The smallest absolute Gasteiger partial charge is 0.273 e. The number of aromatic nitrogens is 2. The molecule has 0 aliphatic carbocycles. The van der Waals surface area contributed by atoms with Crippen LogP contribution in [-0.4, -0.2) is 28.0 Å². The fourth-order valence-electron chi connectivity index (χ4n) is 1.93. The van der Waals surface area contributed by atoms with Gasteiger partial charge in [0.15, 0.2) is 0 Å². The van der Waals surface area contributed by atoms with Gasteiger partial charge in [-0.25, -0.2) is 9.97 Å². The summed E-state index contributed by atoms with van der Waals surface area (Å²) < 4.78 is 5.12. The molecule has 0 radical (unpaired) electrons. The third kappa shape index (κ3) is 4.13. The van der Waals surface area contributed by atoms with Crippen LogP contribution in [0.5, 0.6) is 5.75 Å². The van der Waals surface area contributed by atoms with Gasteiger partial charge in [0.2, 0.25) is 5.96 Å². The topological polar surface area (TPSA) is 129 Å². The Labute approximate surface area is 132 Å². The monoisotopic (exact) mass is 316 g/mol. The standard InChI is InChI=1S/C14H16N6O3/c1-8-6-9(2)17-14(16-8)19-13(15)18-11-5-4-10(20(21)22)7-12(11)23-3/h4-7H,1-3H3,(H3,15,16,17,18,19). The quantitative estimate of drug-likeness (QED) is 0.382. The summed E-state index contributed by atoms with van der Waals surface area (Å²) in [5.41, 5.74) is 7.74. The fraction of sp³-hybridized carbons (Fsp3) is 0.214. The Morgan fingerprint density at radius 3 is 2.52 bits per heavy atom. The molecule has 0 saturated heterocycles. The van der Waals surface area contributed by atoms with Crippen molar-refractivity contribution in [3.63, 3.8) is 0 Å². The Morgan fingerprint density at radius 2 is 1.96 bits per heavy atom. The zero-order chi connectivity index (χ0) is 17.0. The van der Waals surface area contributed by atoms with E-state index in [9.17, 15) is 10.1 Å². The number of ether oxygens (including phenoxy) is 1. The number of nitrogens with one attached hydrogen (secondary N) is 1. The van der Waals surface area contributed by atoms with Gasteiger partial charge in [0.05, 0.1) is 23.8 Å². The average molecular weight is 316 g/mol. The van der Waals surface area contributed by atoms with Crippen molar-refractivity contribution in [3.8, 4) is 5.75 Å². The molecule has 0 atom stereocenters. The first-order valence-electron chi connectivity index (χ1n) is 6.65. The molecule has 0 amide bonds. The molecular formula is C14H16N6O3. The lowest BCUT2D eigenvalue weighted by molar-refractivity contribution is -0.384. The summed E-state index contributed by atoms with van der Waals surface area (Å²) >= 11 is 0. The number of guanidine groups is 1. The highest BCUT2D eigenvalue weighted by Gasteiger charge is 2.12. The van der Waals surface area contributed by atoms with Crippen LogP contribution in [-0.2, 0) is 0 Å². The molecule has 2 rings (SSSR count). The van der Waals surface area contributed by atoms with Crippen LogP contribution >= 0.6 is 0 Å². The van der Waals surface area contributed by atoms with Gasteiger partial charge in [-0.05, 0) is 26.0 Å². The number of nitro groups is 1. The van der Waals surface area contributed by atoms with Crippen LogP contribution in [0.1, 0.15) is 11.4 Å². The minimum Gasteiger partial charge on any atom is -0.494 e. The van der Waals surface area contributed by atoms with Crippen molar-refractivity contribution >= 4 is 23.3 Å². The highest BCUT2D eigenvalue weighted by Crippen LogP contribution is 2.28. The van der Waals surface area contributed by atoms with Gasteiger partial charge in [-0.1, -0.05) is 0 Å². The van der Waals surface area contributed by atoms with E-state index in [-0.39, 0.29) is 23.3 Å². The summed E-state index contributed by atoms with van der Waals surface area (Å²) in [4.78, 5) is 22.7. The van der Waals surface area contributed by atoms with Crippen molar-refractivity contribution in [1.29, 1.82) is 0 Å². The lowest BCUT2D eigenvalue weighted by atomic mass is 10.2. The molecule has 1 heterocycles. The maximum absolute atomic E-state index is 10.8. The number of benzene rings is 1. The molecule has 1 aromatic carbocycles. The van der Waals surface area contributed by atoms with E-state index >= 15 is 0 Å². The van der Waals surface area contributed by atoms with Gasteiger partial charge in [0, 0.05) is 17.5 Å². The molecule has 3 N–H and O–H groups in total. The molecule has 1 aromatic heterocycles. The van der Waals surface area contributed by atoms with Gasteiger partial charge in [-0.2, -0.15) is 4.99 Å². The van der Waals surface area contributed by atoms with E-state index in [4.69, 9.17) is 10.5 Å². The molecule has 0 unspecified atom stereocenters. The van der Waals surface area contributed by atoms with Crippen LogP contribution in [0.4, 0.5) is 17.3 Å². The molecule has 9 nitrogen and oxygen atoms in total.